The number of thioether (sulfide) groups is 1. The van der Waals surface area contributed by atoms with Crippen molar-refractivity contribution in [1.29, 1.82) is 0 Å². The molecule has 0 fully saturated rings. The topological polar surface area (TPSA) is 33.1 Å². The predicted octanol–water partition coefficient (Wildman–Crippen LogP) is 4.51. The first-order valence-corrected chi connectivity index (χ1v) is 7.27. The number of para-hydroxylation sites is 1. The molecule has 3 aromatic rings. The van der Waals surface area contributed by atoms with Crippen LogP contribution in [0.3, 0.4) is 0 Å². The molecule has 2 nitrogen and oxygen atoms in total. The summed E-state index contributed by atoms with van der Waals surface area (Å²) in [4.78, 5) is 5.28. The lowest BCUT2D eigenvalue weighted by atomic mass is 10.2. The summed E-state index contributed by atoms with van der Waals surface area (Å²) in [6, 6.07) is 11.9. The van der Waals surface area contributed by atoms with Gasteiger partial charge in [-0.1, -0.05) is 18.2 Å². The summed E-state index contributed by atoms with van der Waals surface area (Å²) in [7, 11) is 0. The van der Waals surface area contributed by atoms with Gasteiger partial charge in [-0.15, -0.1) is 11.8 Å². The zero-order chi connectivity index (χ0) is 14.8. The van der Waals surface area contributed by atoms with Crippen LogP contribution in [0.15, 0.2) is 53.6 Å². The summed E-state index contributed by atoms with van der Waals surface area (Å²) in [5, 5.41) is 10.1. The Morgan fingerprint density at radius 2 is 1.76 bits per heavy atom. The minimum Gasteiger partial charge on any atom is -0.503 e. The van der Waals surface area contributed by atoms with Crippen LogP contribution in [0.4, 0.5) is 8.78 Å². The Hall–Kier alpha value is -2.14. The molecule has 0 atom stereocenters. The van der Waals surface area contributed by atoms with Crippen molar-refractivity contribution in [3.63, 3.8) is 0 Å². The van der Waals surface area contributed by atoms with Crippen LogP contribution in [-0.2, 0) is 5.75 Å². The van der Waals surface area contributed by atoms with E-state index < -0.39 is 17.4 Å². The second-order valence-electron chi connectivity index (χ2n) is 4.53. The van der Waals surface area contributed by atoms with Crippen molar-refractivity contribution < 1.29 is 13.9 Å². The highest BCUT2D eigenvalue weighted by molar-refractivity contribution is 7.98. The fraction of sp³-hybridized carbons (Fsp3) is 0.0625. The highest BCUT2D eigenvalue weighted by atomic mass is 32.2. The summed E-state index contributed by atoms with van der Waals surface area (Å²) < 4.78 is 26.6. The Kier molecular flexibility index (Phi) is 3.75. The first-order valence-electron chi connectivity index (χ1n) is 6.28. The van der Waals surface area contributed by atoms with Gasteiger partial charge in [0.05, 0.1) is 5.52 Å². The number of aromatic hydroxyl groups is 1. The maximum absolute atomic E-state index is 13.3. The normalized spacial score (nSPS) is 11.0. The summed E-state index contributed by atoms with van der Waals surface area (Å²) in [5.41, 5.74) is 1.34. The SMILES string of the molecule is Oc1c(F)cc(CSc2cccc3cccnc23)cc1F. The standard InChI is InChI=1S/C16H11F2NOS/c17-12-7-10(8-13(18)16(12)20)9-21-14-5-1-3-11-4-2-6-19-15(11)14/h1-8,20H,9H2. The van der Waals surface area contributed by atoms with E-state index in [1.807, 2.05) is 30.3 Å². The molecule has 21 heavy (non-hydrogen) atoms. The average molecular weight is 303 g/mol. The van der Waals surface area contributed by atoms with Crippen molar-refractivity contribution in [1.82, 2.24) is 4.98 Å². The Labute approximate surface area is 124 Å². The van der Waals surface area contributed by atoms with Crippen LogP contribution in [0.2, 0.25) is 0 Å². The zero-order valence-corrected chi connectivity index (χ0v) is 11.7. The molecule has 0 unspecified atom stereocenters. The maximum atomic E-state index is 13.3. The van der Waals surface area contributed by atoms with Crippen molar-refractivity contribution in [3.8, 4) is 5.75 Å². The molecule has 1 N–H and O–H groups in total. The molecular weight excluding hydrogens is 292 g/mol. The van der Waals surface area contributed by atoms with E-state index >= 15 is 0 Å². The molecule has 106 valence electrons. The molecule has 0 saturated heterocycles. The molecular formula is C16H11F2NOS. The van der Waals surface area contributed by atoms with E-state index in [0.717, 1.165) is 27.9 Å². The van der Waals surface area contributed by atoms with Crippen molar-refractivity contribution in [2.45, 2.75) is 10.6 Å². The molecule has 5 heteroatoms. The molecule has 0 saturated carbocycles. The highest BCUT2D eigenvalue weighted by Crippen LogP contribution is 2.30. The van der Waals surface area contributed by atoms with Gasteiger partial charge in [-0.2, -0.15) is 0 Å². The smallest absolute Gasteiger partial charge is 0.187 e. The van der Waals surface area contributed by atoms with Gasteiger partial charge < -0.3 is 5.11 Å². The van der Waals surface area contributed by atoms with E-state index in [1.165, 1.54) is 11.8 Å². The average Bonchev–Trinajstić information content (AvgIpc) is 2.50. The van der Waals surface area contributed by atoms with Gasteiger partial charge in [-0.25, -0.2) is 8.78 Å². The number of aromatic nitrogens is 1. The van der Waals surface area contributed by atoms with Crippen LogP contribution < -0.4 is 0 Å². The van der Waals surface area contributed by atoms with Crippen molar-refractivity contribution >= 4 is 22.7 Å². The minimum atomic E-state index is -0.943. The molecule has 0 aliphatic carbocycles. The van der Waals surface area contributed by atoms with Gasteiger partial charge in [0.2, 0.25) is 0 Å². The van der Waals surface area contributed by atoms with E-state index in [2.05, 4.69) is 4.98 Å². The summed E-state index contributed by atoms with van der Waals surface area (Å²) in [6.45, 7) is 0. The lowest BCUT2D eigenvalue weighted by Gasteiger charge is -2.06. The first kappa shape index (κ1) is 13.8. The van der Waals surface area contributed by atoms with Crippen molar-refractivity contribution in [2.24, 2.45) is 0 Å². The second kappa shape index (κ2) is 5.69. The monoisotopic (exact) mass is 303 g/mol. The Balaban J connectivity index is 1.87. The fourth-order valence-electron chi connectivity index (χ4n) is 2.06. The van der Waals surface area contributed by atoms with Crippen molar-refractivity contribution in [3.05, 3.63) is 65.9 Å². The number of pyridine rings is 1. The first-order chi connectivity index (χ1) is 10.1. The zero-order valence-electron chi connectivity index (χ0n) is 10.9. The Morgan fingerprint density at radius 3 is 2.52 bits per heavy atom. The van der Waals surface area contributed by atoms with Gasteiger partial charge in [0.15, 0.2) is 17.4 Å². The number of phenols is 1. The molecule has 0 bridgehead atoms. The van der Waals surface area contributed by atoms with E-state index in [0.29, 0.717) is 11.3 Å². The van der Waals surface area contributed by atoms with Crippen molar-refractivity contribution in [2.75, 3.05) is 0 Å². The highest BCUT2D eigenvalue weighted by Gasteiger charge is 2.10. The number of fused-ring (bicyclic) bond motifs is 1. The van der Waals surface area contributed by atoms with Crippen LogP contribution in [-0.4, -0.2) is 10.1 Å². The molecule has 0 aliphatic rings. The van der Waals surface area contributed by atoms with Gasteiger partial charge in [0.25, 0.3) is 0 Å². The van der Waals surface area contributed by atoms with Gasteiger partial charge in [-0.05, 0) is 29.8 Å². The number of phenolic OH excluding ortho intramolecular Hbond substituents is 1. The third-order valence-electron chi connectivity index (χ3n) is 3.07. The lowest BCUT2D eigenvalue weighted by Crippen LogP contribution is -1.89. The minimum absolute atomic E-state index is 0.393. The van der Waals surface area contributed by atoms with Crippen LogP contribution in [0.5, 0.6) is 5.75 Å². The third-order valence-corrected chi connectivity index (χ3v) is 4.18. The molecule has 3 rings (SSSR count). The van der Waals surface area contributed by atoms with Crippen LogP contribution in [0.1, 0.15) is 5.56 Å². The summed E-state index contributed by atoms with van der Waals surface area (Å²) in [5.74, 6) is -2.43. The summed E-state index contributed by atoms with van der Waals surface area (Å²) >= 11 is 1.45. The molecule has 1 heterocycles. The van der Waals surface area contributed by atoms with E-state index in [4.69, 9.17) is 5.11 Å². The molecule has 0 radical (unpaired) electrons. The van der Waals surface area contributed by atoms with E-state index in [-0.39, 0.29) is 0 Å². The molecule has 2 aromatic carbocycles. The number of halogens is 2. The molecule has 0 spiro atoms. The van der Waals surface area contributed by atoms with Gasteiger partial charge >= 0.3 is 0 Å². The fourth-order valence-corrected chi connectivity index (χ4v) is 3.03. The van der Waals surface area contributed by atoms with Gasteiger partial charge in [0, 0.05) is 22.2 Å². The van der Waals surface area contributed by atoms with Gasteiger partial charge in [0.1, 0.15) is 0 Å². The number of hydrogen-bond acceptors (Lipinski definition) is 3. The number of hydrogen-bond donors (Lipinski definition) is 1. The Bertz CT molecular complexity index is 779. The van der Waals surface area contributed by atoms with Crippen LogP contribution in [0.25, 0.3) is 10.9 Å². The maximum Gasteiger partial charge on any atom is 0.187 e. The number of nitrogens with zero attached hydrogens (tertiary/aromatic N) is 1. The Morgan fingerprint density at radius 1 is 1.05 bits per heavy atom. The summed E-state index contributed by atoms with van der Waals surface area (Å²) in [6.07, 6.45) is 1.71. The third kappa shape index (κ3) is 2.83. The van der Waals surface area contributed by atoms with Gasteiger partial charge in [-0.3, -0.25) is 4.98 Å². The van der Waals surface area contributed by atoms with E-state index in [9.17, 15) is 8.78 Å². The second-order valence-corrected chi connectivity index (χ2v) is 5.55. The van der Waals surface area contributed by atoms with E-state index in [1.54, 1.807) is 6.20 Å². The molecule has 1 aromatic heterocycles. The number of rotatable bonds is 3. The predicted molar refractivity (Wildman–Crippen MR) is 79.3 cm³/mol. The largest absolute Gasteiger partial charge is 0.503 e. The quantitative estimate of drug-likeness (QED) is 0.723. The molecule has 0 amide bonds. The van der Waals surface area contributed by atoms with Crippen LogP contribution in [0, 0.1) is 11.6 Å². The van der Waals surface area contributed by atoms with Crippen LogP contribution >= 0.6 is 11.8 Å². The lowest BCUT2D eigenvalue weighted by molar-refractivity contribution is 0.395. The number of benzene rings is 2. The molecule has 0 aliphatic heterocycles.